The molecule has 0 radical (unpaired) electrons. The van der Waals surface area contributed by atoms with Gasteiger partial charge in [0, 0.05) is 10.6 Å². The Balaban J connectivity index is 1.36. The second kappa shape index (κ2) is 7.40. The Hall–Kier alpha value is -2.87. The molecule has 1 atom stereocenters. The zero-order valence-electron chi connectivity index (χ0n) is 14.6. The van der Waals surface area contributed by atoms with Crippen molar-refractivity contribution in [2.24, 2.45) is 0 Å². The first-order valence-corrected chi connectivity index (χ1v) is 9.51. The van der Waals surface area contributed by atoms with Crippen molar-refractivity contribution in [3.63, 3.8) is 0 Å². The SMILES string of the molecule is CC1Oc2ccc(NC(=O)CSc3ccc4c(c3)OCCO4)cc2NC1=O. The van der Waals surface area contributed by atoms with Crippen LogP contribution in [0.2, 0.25) is 0 Å². The number of ether oxygens (including phenoxy) is 3. The molecule has 0 saturated heterocycles. The maximum atomic E-state index is 12.3. The number of thioether (sulfide) groups is 1. The van der Waals surface area contributed by atoms with Gasteiger partial charge < -0.3 is 24.8 Å². The van der Waals surface area contributed by atoms with Gasteiger partial charge in [-0.1, -0.05) is 0 Å². The summed E-state index contributed by atoms with van der Waals surface area (Å²) in [7, 11) is 0. The summed E-state index contributed by atoms with van der Waals surface area (Å²) in [6, 6.07) is 10.8. The molecule has 2 aromatic rings. The Morgan fingerprint density at radius 2 is 1.93 bits per heavy atom. The van der Waals surface area contributed by atoms with Crippen LogP contribution in [0.15, 0.2) is 41.3 Å². The van der Waals surface area contributed by atoms with Crippen LogP contribution in [0, 0.1) is 0 Å². The zero-order valence-corrected chi connectivity index (χ0v) is 15.4. The number of rotatable bonds is 4. The van der Waals surface area contributed by atoms with E-state index in [-0.39, 0.29) is 17.6 Å². The summed E-state index contributed by atoms with van der Waals surface area (Å²) in [5.41, 5.74) is 1.15. The van der Waals surface area contributed by atoms with Gasteiger partial charge in [0.15, 0.2) is 17.6 Å². The molecule has 2 aromatic carbocycles. The minimum absolute atomic E-state index is 0.147. The third kappa shape index (κ3) is 3.95. The average molecular weight is 386 g/mol. The van der Waals surface area contributed by atoms with Gasteiger partial charge in [0.25, 0.3) is 5.91 Å². The highest BCUT2D eigenvalue weighted by atomic mass is 32.2. The standard InChI is InChI=1S/C19H18N2O5S/c1-11-19(23)21-14-8-12(2-4-15(14)26-11)20-18(22)10-27-13-3-5-16-17(9-13)25-7-6-24-16/h2-5,8-9,11H,6-7,10H2,1H3,(H,20,22)(H,21,23). The molecular formula is C19H18N2O5S. The fourth-order valence-electron chi connectivity index (χ4n) is 2.75. The van der Waals surface area contributed by atoms with Crippen LogP contribution in [-0.2, 0) is 9.59 Å². The number of hydrogen-bond acceptors (Lipinski definition) is 6. The van der Waals surface area contributed by atoms with Crippen LogP contribution in [0.3, 0.4) is 0 Å². The quantitative estimate of drug-likeness (QED) is 0.786. The summed E-state index contributed by atoms with van der Waals surface area (Å²) in [6.07, 6.45) is -0.527. The van der Waals surface area contributed by atoms with Gasteiger partial charge in [-0.15, -0.1) is 11.8 Å². The molecule has 0 spiro atoms. The minimum atomic E-state index is -0.527. The molecule has 27 heavy (non-hydrogen) atoms. The summed E-state index contributed by atoms with van der Waals surface area (Å²) in [5, 5.41) is 5.59. The first kappa shape index (κ1) is 17.5. The van der Waals surface area contributed by atoms with Gasteiger partial charge in [0.05, 0.1) is 11.4 Å². The maximum absolute atomic E-state index is 12.3. The number of hydrogen-bond donors (Lipinski definition) is 2. The number of carbonyl (C=O) groups excluding carboxylic acids is 2. The predicted molar refractivity (Wildman–Crippen MR) is 102 cm³/mol. The lowest BCUT2D eigenvalue weighted by Crippen LogP contribution is -2.34. The van der Waals surface area contributed by atoms with E-state index in [2.05, 4.69) is 10.6 Å². The van der Waals surface area contributed by atoms with Gasteiger partial charge in [-0.3, -0.25) is 9.59 Å². The Labute approximate surface area is 160 Å². The lowest BCUT2D eigenvalue weighted by molar-refractivity contribution is -0.122. The molecule has 0 fully saturated rings. The number of fused-ring (bicyclic) bond motifs is 2. The van der Waals surface area contributed by atoms with Crippen molar-refractivity contribution >= 4 is 35.0 Å². The molecule has 7 nitrogen and oxygen atoms in total. The van der Waals surface area contributed by atoms with Crippen LogP contribution >= 0.6 is 11.8 Å². The van der Waals surface area contributed by atoms with Crippen molar-refractivity contribution in [2.45, 2.75) is 17.9 Å². The number of benzene rings is 2. The third-order valence-electron chi connectivity index (χ3n) is 4.08. The number of carbonyl (C=O) groups is 2. The van der Waals surface area contributed by atoms with Crippen LogP contribution < -0.4 is 24.8 Å². The number of anilines is 2. The molecule has 2 aliphatic rings. The predicted octanol–water partition coefficient (Wildman–Crippen LogP) is 2.91. The van der Waals surface area contributed by atoms with Crippen LogP contribution in [-0.4, -0.2) is 36.9 Å². The summed E-state index contributed by atoms with van der Waals surface area (Å²) in [5.74, 6) is 1.91. The van der Waals surface area contributed by atoms with Crippen molar-refractivity contribution in [3.05, 3.63) is 36.4 Å². The van der Waals surface area contributed by atoms with E-state index < -0.39 is 6.10 Å². The highest BCUT2D eigenvalue weighted by Gasteiger charge is 2.23. The molecule has 2 heterocycles. The Morgan fingerprint density at radius 1 is 1.15 bits per heavy atom. The average Bonchev–Trinajstić information content (AvgIpc) is 2.67. The largest absolute Gasteiger partial charge is 0.486 e. The lowest BCUT2D eigenvalue weighted by atomic mass is 10.2. The van der Waals surface area contributed by atoms with Crippen molar-refractivity contribution in [1.82, 2.24) is 0 Å². The number of amides is 2. The van der Waals surface area contributed by atoms with Crippen molar-refractivity contribution in [1.29, 1.82) is 0 Å². The van der Waals surface area contributed by atoms with E-state index in [1.165, 1.54) is 11.8 Å². The smallest absolute Gasteiger partial charge is 0.265 e. The molecule has 2 aliphatic heterocycles. The lowest BCUT2D eigenvalue weighted by Gasteiger charge is -2.23. The van der Waals surface area contributed by atoms with Crippen molar-refractivity contribution in [2.75, 3.05) is 29.6 Å². The molecule has 0 bridgehead atoms. The van der Waals surface area contributed by atoms with Gasteiger partial charge in [-0.05, 0) is 43.3 Å². The molecule has 140 valence electrons. The first-order valence-electron chi connectivity index (χ1n) is 8.52. The maximum Gasteiger partial charge on any atom is 0.265 e. The molecule has 2 N–H and O–H groups in total. The summed E-state index contributed by atoms with van der Waals surface area (Å²) in [4.78, 5) is 24.9. The number of nitrogens with one attached hydrogen (secondary N) is 2. The van der Waals surface area contributed by atoms with Crippen LogP contribution in [0.5, 0.6) is 17.2 Å². The Morgan fingerprint density at radius 3 is 2.78 bits per heavy atom. The fraction of sp³-hybridized carbons (Fsp3) is 0.263. The summed E-state index contributed by atoms with van der Waals surface area (Å²) in [6.45, 7) is 2.76. The van der Waals surface area contributed by atoms with Gasteiger partial charge in [0.1, 0.15) is 19.0 Å². The normalized spacial score (nSPS) is 17.4. The van der Waals surface area contributed by atoms with Gasteiger partial charge in [-0.25, -0.2) is 0 Å². The fourth-order valence-corrected chi connectivity index (χ4v) is 3.47. The van der Waals surface area contributed by atoms with Crippen molar-refractivity contribution < 1.29 is 23.8 Å². The Bertz CT molecular complexity index is 902. The third-order valence-corrected chi connectivity index (χ3v) is 5.07. The molecule has 1 unspecified atom stereocenters. The van der Waals surface area contributed by atoms with Crippen LogP contribution in [0.25, 0.3) is 0 Å². The molecule has 0 saturated carbocycles. The van der Waals surface area contributed by atoms with Gasteiger partial charge in [0.2, 0.25) is 5.91 Å². The highest BCUT2D eigenvalue weighted by Crippen LogP contribution is 2.35. The second-order valence-corrected chi connectivity index (χ2v) is 7.15. The highest BCUT2D eigenvalue weighted by molar-refractivity contribution is 8.00. The van der Waals surface area contributed by atoms with Crippen LogP contribution in [0.1, 0.15) is 6.92 Å². The van der Waals surface area contributed by atoms with Gasteiger partial charge in [-0.2, -0.15) is 0 Å². The molecule has 4 rings (SSSR count). The summed E-state index contributed by atoms with van der Waals surface area (Å²) >= 11 is 1.41. The monoisotopic (exact) mass is 386 g/mol. The summed E-state index contributed by atoms with van der Waals surface area (Å²) < 4.78 is 16.5. The molecular weight excluding hydrogens is 368 g/mol. The second-order valence-electron chi connectivity index (χ2n) is 6.10. The first-order chi connectivity index (χ1) is 13.1. The van der Waals surface area contributed by atoms with Crippen LogP contribution in [0.4, 0.5) is 11.4 Å². The van der Waals surface area contributed by atoms with E-state index in [1.54, 1.807) is 25.1 Å². The van der Waals surface area contributed by atoms with E-state index in [9.17, 15) is 9.59 Å². The van der Waals surface area contributed by atoms with E-state index in [0.29, 0.717) is 36.1 Å². The molecule has 8 heteroatoms. The van der Waals surface area contributed by atoms with E-state index >= 15 is 0 Å². The van der Waals surface area contributed by atoms with E-state index in [1.807, 2.05) is 18.2 Å². The van der Waals surface area contributed by atoms with Gasteiger partial charge >= 0.3 is 0 Å². The van der Waals surface area contributed by atoms with E-state index in [0.717, 1.165) is 10.6 Å². The zero-order chi connectivity index (χ0) is 18.8. The van der Waals surface area contributed by atoms with E-state index in [4.69, 9.17) is 14.2 Å². The molecule has 2 amide bonds. The Kier molecular flexibility index (Phi) is 4.81. The minimum Gasteiger partial charge on any atom is -0.486 e. The van der Waals surface area contributed by atoms with Crippen molar-refractivity contribution in [3.8, 4) is 17.2 Å². The molecule has 0 aliphatic carbocycles. The molecule has 0 aromatic heterocycles. The topological polar surface area (TPSA) is 85.9 Å².